The Balaban J connectivity index is 1.77. The number of hydrogen-bond acceptors (Lipinski definition) is 4. The molecule has 24 heavy (non-hydrogen) atoms. The largest absolute Gasteiger partial charge is 0.376 e. The zero-order valence-electron chi connectivity index (χ0n) is 14.5. The molecule has 0 aliphatic carbocycles. The first-order valence-corrected chi connectivity index (χ1v) is 8.19. The minimum Gasteiger partial charge on any atom is -0.376 e. The number of carbonyl (C=O) groups is 2. The summed E-state index contributed by atoms with van der Waals surface area (Å²) in [6.45, 7) is 7.50. The van der Waals surface area contributed by atoms with Crippen LogP contribution in [0.5, 0.6) is 0 Å². The molecule has 1 saturated heterocycles. The van der Waals surface area contributed by atoms with Crippen LogP contribution in [0.4, 0.5) is 0 Å². The first-order valence-electron chi connectivity index (χ1n) is 8.19. The number of hydrazone groups is 1. The SMILES string of the molecule is CC(C)(C)c1ccc(/C=N\NC(=O)C(=O)NC[C@@H]2CCCO2)cc1. The molecule has 1 aliphatic rings. The number of carbonyl (C=O) groups excluding carboxylic acids is 2. The van der Waals surface area contributed by atoms with Crippen molar-refractivity contribution in [2.24, 2.45) is 5.10 Å². The van der Waals surface area contributed by atoms with Crippen molar-refractivity contribution in [2.75, 3.05) is 13.2 Å². The first-order chi connectivity index (χ1) is 11.4. The minimum absolute atomic E-state index is 0.00609. The lowest BCUT2D eigenvalue weighted by atomic mass is 9.87. The molecule has 1 atom stereocenters. The van der Waals surface area contributed by atoms with E-state index in [1.165, 1.54) is 11.8 Å². The third-order valence-electron chi connectivity index (χ3n) is 3.88. The van der Waals surface area contributed by atoms with E-state index < -0.39 is 11.8 Å². The van der Waals surface area contributed by atoms with E-state index in [1.54, 1.807) is 0 Å². The lowest BCUT2D eigenvalue weighted by Gasteiger charge is -2.18. The van der Waals surface area contributed by atoms with Crippen molar-refractivity contribution in [3.8, 4) is 0 Å². The van der Waals surface area contributed by atoms with E-state index in [2.05, 4.69) is 36.6 Å². The number of amides is 2. The van der Waals surface area contributed by atoms with Crippen molar-refractivity contribution in [3.63, 3.8) is 0 Å². The van der Waals surface area contributed by atoms with E-state index in [-0.39, 0.29) is 11.5 Å². The molecule has 0 bridgehead atoms. The Hall–Kier alpha value is -2.21. The molecule has 1 aromatic rings. The van der Waals surface area contributed by atoms with Crippen LogP contribution < -0.4 is 10.7 Å². The molecule has 2 rings (SSSR count). The van der Waals surface area contributed by atoms with Crippen LogP contribution in [0.25, 0.3) is 0 Å². The van der Waals surface area contributed by atoms with Crippen molar-refractivity contribution < 1.29 is 14.3 Å². The normalized spacial score (nSPS) is 17.9. The van der Waals surface area contributed by atoms with E-state index in [0.29, 0.717) is 13.2 Å². The molecule has 1 aliphatic heterocycles. The number of benzene rings is 1. The van der Waals surface area contributed by atoms with Crippen LogP contribution in [0.1, 0.15) is 44.7 Å². The molecular weight excluding hydrogens is 306 g/mol. The van der Waals surface area contributed by atoms with Crippen LogP contribution >= 0.6 is 0 Å². The van der Waals surface area contributed by atoms with E-state index in [0.717, 1.165) is 18.4 Å². The summed E-state index contributed by atoms with van der Waals surface area (Å²) in [6.07, 6.45) is 3.42. The lowest BCUT2D eigenvalue weighted by Crippen LogP contribution is -2.41. The Labute approximate surface area is 142 Å². The first kappa shape index (κ1) is 18.1. The van der Waals surface area contributed by atoms with Gasteiger partial charge in [0, 0.05) is 13.2 Å². The van der Waals surface area contributed by atoms with Gasteiger partial charge in [-0.15, -0.1) is 0 Å². The predicted molar refractivity (Wildman–Crippen MR) is 92.9 cm³/mol. The Kier molecular flexibility index (Phi) is 6.09. The second-order valence-electron chi connectivity index (χ2n) is 6.92. The zero-order chi connectivity index (χ0) is 17.6. The summed E-state index contributed by atoms with van der Waals surface area (Å²) in [7, 11) is 0. The van der Waals surface area contributed by atoms with Crippen molar-refractivity contribution in [1.29, 1.82) is 0 Å². The van der Waals surface area contributed by atoms with E-state index in [9.17, 15) is 9.59 Å². The van der Waals surface area contributed by atoms with Crippen LogP contribution in [0.3, 0.4) is 0 Å². The van der Waals surface area contributed by atoms with Gasteiger partial charge >= 0.3 is 11.8 Å². The molecule has 6 heteroatoms. The maximum atomic E-state index is 11.6. The standard InChI is InChI=1S/C18H25N3O3/c1-18(2,3)14-8-6-13(7-9-14)11-20-21-17(23)16(22)19-12-15-5-4-10-24-15/h6-9,11,15H,4-5,10,12H2,1-3H3,(H,19,22)(H,21,23)/b20-11-/t15-/m0/s1. The molecule has 0 saturated carbocycles. The Morgan fingerprint density at radius 2 is 1.96 bits per heavy atom. The highest BCUT2D eigenvalue weighted by Crippen LogP contribution is 2.21. The zero-order valence-corrected chi connectivity index (χ0v) is 14.5. The Morgan fingerprint density at radius 3 is 2.54 bits per heavy atom. The number of nitrogens with one attached hydrogen (secondary N) is 2. The average Bonchev–Trinajstić information content (AvgIpc) is 3.05. The molecule has 2 N–H and O–H groups in total. The summed E-state index contributed by atoms with van der Waals surface area (Å²) in [5, 5.41) is 6.36. The number of rotatable bonds is 4. The van der Waals surface area contributed by atoms with E-state index >= 15 is 0 Å². The predicted octanol–water partition coefficient (Wildman–Crippen LogP) is 1.73. The lowest BCUT2D eigenvalue weighted by molar-refractivity contribution is -0.139. The fraction of sp³-hybridized carbons (Fsp3) is 0.500. The molecule has 1 heterocycles. The maximum Gasteiger partial charge on any atom is 0.329 e. The molecular formula is C18H25N3O3. The van der Waals surface area contributed by atoms with Gasteiger partial charge < -0.3 is 10.1 Å². The van der Waals surface area contributed by atoms with Crippen LogP contribution in [-0.2, 0) is 19.7 Å². The molecule has 0 unspecified atom stereocenters. The highest BCUT2D eigenvalue weighted by Gasteiger charge is 2.19. The molecule has 1 aromatic carbocycles. The van der Waals surface area contributed by atoms with Gasteiger partial charge in [-0.1, -0.05) is 45.0 Å². The number of ether oxygens (including phenoxy) is 1. The Morgan fingerprint density at radius 1 is 1.25 bits per heavy atom. The van der Waals surface area contributed by atoms with Crippen molar-refractivity contribution in [2.45, 2.75) is 45.1 Å². The second-order valence-corrected chi connectivity index (χ2v) is 6.92. The summed E-state index contributed by atoms with van der Waals surface area (Å²) >= 11 is 0. The van der Waals surface area contributed by atoms with Gasteiger partial charge in [0.1, 0.15) is 0 Å². The topological polar surface area (TPSA) is 79.8 Å². The fourth-order valence-corrected chi connectivity index (χ4v) is 2.38. The fourth-order valence-electron chi connectivity index (χ4n) is 2.38. The third kappa shape index (κ3) is 5.45. The van der Waals surface area contributed by atoms with Gasteiger partial charge in [-0.3, -0.25) is 9.59 Å². The summed E-state index contributed by atoms with van der Waals surface area (Å²) in [5.74, 6) is -1.48. The van der Waals surface area contributed by atoms with Gasteiger partial charge in [0.05, 0.1) is 12.3 Å². The molecule has 0 radical (unpaired) electrons. The van der Waals surface area contributed by atoms with E-state index in [4.69, 9.17) is 4.74 Å². The molecule has 0 aromatic heterocycles. The van der Waals surface area contributed by atoms with Gasteiger partial charge in [0.15, 0.2) is 0 Å². The van der Waals surface area contributed by atoms with Crippen LogP contribution in [0.15, 0.2) is 29.4 Å². The maximum absolute atomic E-state index is 11.6. The van der Waals surface area contributed by atoms with Crippen LogP contribution in [0, 0.1) is 0 Å². The van der Waals surface area contributed by atoms with Crippen LogP contribution in [-0.4, -0.2) is 37.3 Å². The van der Waals surface area contributed by atoms with Gasteiger partial charge in [0.25, 0.3) is 0 Å². The van der Waals surface area contributed by atoms with Crippen molar-refractivity contribution >= 4 is 18.0 Å². The number of hydrogen-bond donors (Lipinski definition) is 2. The van der Waals surface area contributed by atoms with Crippen LogP contribution in [0.2, 0.25) is 0 Å². The molecule has 1 fully saturated rings. The molecule has 2 amide bonds. The van der Waals surface area contributed by atoms with Gasteiger partial charge in [-0.05, 0) is 29.4 Å². The monoisotopic (exact) mass is 331 g/mol. The number of nitrogens with zero attached hydrogens (tertiary/aromatic N) is 1. The highest BCUT2D eigenvalue weighted by atomic mass is 16.5. The minimum atomic E-state index is -0.782. The second kappa shape index (κ2) is 8.06. The van der Waals surface area contributed by atoms with Crippen molar-refractivity contribution in [3.05, 3.63) is 35.4 Å². The highest BCUT2D eigenvalue weighted by molar-refractivity contribution is 6.35. The Bertz CT molecular complexity index is 597. The summed E-state index contributed by atoms with van der Waals surface area (Å²) in [6, 6.07) is 7.90. The summed E-state index contributed by atoms with van der Waals surface area (Å²) in [4.78, 5) is 23.3. The summed E-state index contributed by atoms with van der Waals surface area (Å²) in [5.41, 5.74) is 4.39. The van der Waals surface area contributed by atoms with Gasteiger partial charge in [0.2, 0.25) is 0 Å². The summed E-state index contributed by atoms with van der Waals surface area (Å²) < 4.78 is 5.38. The average molecular weight is 331 g/mol. The molecule has 6 nitrogen and oxygen atoms in total. The van der Waals surface area contributed by atoms with E-state index in [1.807, 2.05) is 24.3 Å². The van der Waals surface area contributed by atoms with Gasteiger partial charge in [-0.25, -0.2) is 5.43 Å². The smallest absolute Gasteiger partial charge is 0.329 e. The quantitative estimate of drug-likeness (QED) is 0.501. The van der Waals surface area contributed by atoms with Crippen molar-refractivity contribution in [1.82, 2.24) is 10.7 Å². The third-order valence-corrected chi connectivity index (χ3v) is 3.88. The molecule has 130 valence electrons. The molecule has 0 spiro atoms. The van der Waals surface area contributed by atoms with Gasteiger partial charge in [-0.2, -0.15) is 5.10 Å².